The summed E-state index contributed by atoms with van der Waals surface area (Å²) in [5, 5.41) is 23.4. The van der Waals surface area contributed by atoms with E-state index < -0.39 is 18.0 Å². The van der Waals surface area contributed by atoms with Gasteiger partial charge in [0.15, 0.2) is 11.5 Å². The van der Waals surface area contributed by atoms with Crippen molar-refractivity contribution in [1.29, 1.82) is 0 Å². The maximum Gasteiger partial charge on any atom is 0.354 e. The standard InChI is InChI=1S/C21H20N2O6/c1-13-10-20(23(22-13)16-6-4-3-5-7-16)29-21(27)19(28-14(2)24)12-15-8-9-17(25)18(26)11-15/h3-11,19,25-26H,12H2,1-2H3/t19-/m1/s1. The SMILES string of the molecule is CC(=O)O[C@H](Cc1ccc(O)c(O)c1)C(=O)Oc1cc(C)nn1-c1ccccc1. The highest BCUT2D eigenvalue weighted by Crippen LogP contribution is 2.26. The lowest BCUT2D eigenvalue weighted by molar-refractivity contribution is -0.160. The van der Waals surface area contributed by atoms with E-state index >= 15 is 0 Å². The third-order valence-electron chi connectivity index (χ3n) is 4.04. The van der Waals surface area contributed by atoms with E-state index in [9.17, 15) is 19.8 Å². The van der Waals surface area contributed by atoms with Crippen molar-refractivity contribution in [3.05, 3.63) is 65.9 Å². The van der Waals surface area contributed by atoms with Gasteiger partial charge in [-0.25, -0.2) is 9.48 Å². The molecule has 3 aromatic rings. The molecule has 0 amide bonds. The molecule has 150 valence electrons. The molecule has 8 heteroatoms. The molecule has 0 spiro atoms. The van der Waals surface area contributed by atoms with Gasteiger partial charge in [0.05, 0.1) is 11.4 Å². The van der Waals surface area contributed by atoms with Crippen LogP contribution in [0.4, 0.5) is 0 Å². The molecule has 0 aliphatic heterocycles. The molecule has 29 heavy (non-hydrogen) atoms. The molecular weight excluding hydrogens is 376 g/mol. The summed E-state index contributed by atoms with van der Waals surface area (Å²) in [7, 11) is 0. The summed E-state index contributed by atoms with van der Waals surface area (Å²) < 4.78 is 12.1. The number of benzene rings is 2. The molecule has 1 heterocycles. The summed E-state index contributed by atoms with van der Waals surface area (Å²) >= 11 is 0. The van der Waals surface area contributed by atoms with Gasteiger partial charge in [-0.15, -0.1) is 0 Å². The Labute approximate surface area is 166 Å². The van der Waals surface area contributed by atoms with Crippen LogP contribution in [-0.4, -0.2) is 38.0 Å². The molecule has 1 aromatic heterocycles. The van der Waals surface area contributed by atoms with Crippen LogP contribution < -0.4 is 4.74 Å². The molecule has 2 aromatic carbocycles. The Morgan fingerprint density at radius 1 is 1.07 bits per heavy atom. The van der Waals surface area contributed by atoms with Crippen molar-refractivity contribution in [1.82, 2.24) is 9.78 Å². The molecule has 0 unspecified atom stereocenters. The van der Waals surface area contributed by atoms with E-state index in [1.54, 1.807) is 13.0 Å². The monoisotopic (exact) mass is 396 g/mol. The van der Waals surface area contributed by atoms with Gasteiger partial charge in [-0.1, -0.05) is 24.3 Å². The van der Waals surface area contributed by atoms with Gasteiger partial charge in [-0.3, -0.25) is 4.79 Å². The number of phenolic OH excluding ortho intramolecular Hbond substituents is 2. The predicted molar refractivity (Wildman–Crippen MR) is 103 cm³/mol. The van der Waals surface area contributed by atoms with Gasteiger partial charge >= 0.3 is 11.9 Å². The number of aromatic nitrogens is 2. The zero-order valence-corrected chi connectivity index (χ0v) is 15.9. The minimum Gasteiger partial charge on any atom is -0.504 e. The van der Waals surface area contributed by atoms with Crippen LogP contribution >= 0.6 is 0 Å². The van der Waals surface area contributed by atoms with Crippen molar-refractivity contribution < 1.29 is 29.3 Å². The highest BCUT2D eigenvalue weighted by molar-refractivity contribution is 5.80. The van der Waals surface area contributed by atoms with Gasteiger partial charge in [0.1, 0.15) is 0 Å². The summed E-state index contributed by atoms with van der Waals surface area (Å²) in [5.74, 6) is -1.88. The van der Waals surface area contributed by atoms with Gasteiger partial charge in [0.25, 0.3) is 0 Å². The van der Waals surface area contributed by atoms with Gasteiger partial charge in [-0.2, -0.15) is 5.10 Å². The van der Waals surface area contributed by atoms with Crippen LogP contribution in [0.25, 0.3) is 5.69 Å². The van der Waals surface area contributed by atoms with E-state index in [0.29, 0.717) is 16.9 Å². The Morgan fingerprint density at radius 2 is 1.79 bits per heavy atom. The van der Waals surface area contributed by atoms with Gasteiger partial charge in [-0.05, 0) is 36.8 Å². The number of esters is 2. The Hall–Kier alpha value is -3.81. The average molecular weight is 396 g/mol. The number of aryl methyl sites for hydroxylation is 1. The van der Waals surface area contributed by atoms with Crippen LogP contribution in [0.3, 0.4) is 0 Å². The summed E-state index contributed by atoms with van der Waals surface area (Å²) in [6.07, 6.45) is -1.28. The molecular formula is C21H20N2O6. The first kappa shape index (κ1) is 19.9. The van der Waals surface area contributed by atoms with E-state index in [4.69, 9.17) is 9.47 Å². The largest absolute Gasteiger partial charge is 0.504 e. The average Bonchev–Trinajstić information content (AvgIpc) is 3.04. The highest BCUT2D eigenvalue weighted by atomic mass is 16.6. The molecule has 0 aliphatic rings. The van der Waals surface area contributed by atoms with E-state index in [0.717, 1.165) is 0 Å². The quantitative estimate of drug-likeness (QED) is 0.487. The number of ether oxygens (including phenoxy) is 2. The van der Waals surface area contributed by atoms with E-state index in [1.807, 2.05) is 30.3 Å². The first-order valence-electron chi connectivity index (χ1n) is 8.85. The van der Waals surface area contributed by atoms with Crippen molar-refractivity contribution in [2.24, 2.45) is 0 Å². The normalized spacial score (nSPS) is 11.7. The third kappa shape index (κ3) is 4.92. The van der Waals surface area contributed by atoms with Crippen LogP contribution in [0.5, 0.6) is 17.4 Å². The number of phenols is 2. The molecule has 1 atom stereocenters. The molecule has 2 N–H and O–H groups in total. The van der Waals surface area contributed by atoms with E-state index in [1.165, 1.54) is 29.8 Å². The lowest BCUT2D eigenvalue weighted by Gasteiger charge is -2.16. The van der Waals surface area contributed by atoms with E-state index in [-0.39, 0.29) is 23.8 Å². The molecule has 0 bridgehead atoms. The second kappa shape index (κ2) is 8.47. The van der Waals surface area contributed by atoms with Crippen LogP contribution in [0.2, 0.25) is 0 Å². The van der Waals surface area contributed by atoms with Crippen molar-refractivity contribution in [2.45, 2.75) is 26.4 Å². The second-order valence-electron chi connectivity index (χ2n) is 6.42. The Morgan fingerprint density at radius 3 is 2.45 bits per heavy atom. The van der Waals surface area contributed by atoms with Crippen LogP contribution in [0.1, 0.15) is 18.2 Å². The number of hydrogen-bond acceptors (Lipinski definition) is 7. The van der Waals surface area contributed by atoms with E-state index in [2.05, 4.69) is 5.10 Å². The summed E-state index contributed by atoms with van der Waals surface area (Å²) in [5.41, 5.74) is 1.83. The number of aromatic hydroxyl groups is 2. The summed E-state index contributed by atoms with van der Waals surface area (Å²) in [4.78, 5) is 24.2. The first-order valence-corrected chi connectivity index (χ1v) is 8.85. The molecule has 0 radical (unpaired) electrons. The number of nitrogens with zero attached hydrogens (tertiary/aromatic N) is 2. The van der Waals surface area contributed by atoms with Gasteiger partial charge < -0.3 is 19.7 Å². The first-order chi connectivity index (χ1) is 13.8. The fraction of sp³-hybridized carbons (Fsp3) is 0.190. The molecule has 0 saturated carbocycles. The zero-order chi connectivity index (χ0) is 21.0. The number of para-hydroxylation sites is 1. The third-order valence-corrected chi connectivity index (χ3v) is 4.04. The topological polar surface area (TPSA) is 111 Å². The van der Waals surface area contributed by atoms with Crippen LogP contribution in [0, 0.1) is 6.92 Å². The fourth-order valence-corrected chi connectivity index (χ4v) is 2.75. The Balaban J connectivity index is 1.84. The number of hydrogen-bond donors (Lipinski definition) is 2. The molecule has 0 fully saturated rings. The highest BCUT2D eigenvalue weighted by Gasteiger charge is 2.26. The minimum atomic E-state index is -1.24. The Bertz CT molecular complexity index is 1030. The maximum atomic E-state index is 12.7. The van der Waals surface area contributed by atoms with Gasteiger partial charge in [0.2, 0.25) is 12.0 Å². The molecule has 3 rings (SSSR count). The number of carbonyl (C=O) groups excluding carboxylic acids is 2. The zero-order valence-electron chi connectivity index (χ0n) is 15.9. The molecule has 0 aliphatic carbocycles. The summed E-state index contributed by atoms with van der Waals surface area (Å²) in [6.45, 7) is 2.95. The van der Waals surface area contributed by atoms with Crippen molar-refractivity contribution in [3.63, 3.8) is 0 Å². The van der Waals surface area contributed by atoms with Crippen molar-refractivity contribution in [3.8, 4) is 23.1 Å². The predicted octanol–water partition coefficient (Wildman–Crippen LogP) is 2.67. The minimum absolute atomic E-state index is 0.0370. The van der Waals surface area contributed by atoms with Crippen LogP contribution in [-0.2, 0) is 20.7 Å². The smallest absolute Gasteiger partial charge is 0.354 e. The Kier molecular flexibility index (Phi) is 5.82. The lowest BCUT2D eigenvalue weighted by atomic mass is 10.1. The van der Waals surface area contributed by atoms with Gasteiger partial charge in [0, 0.05) is 19.4 Å². The second-order valence-corrected chi connectivity index (χ2v) is 6.42. The van der Waals surface area contributed by atoms with Crippen molar-refractivity contribution >= 4 is 11.9 Å². The number of carbonyl (C=O) groups is 2. The fourth-order valence-electron chi connectivity index (χ4n) is 2.75. The maximum absolute atomic E-state index is 12.7. The summed E-state index contributed by atoms with van der Waals surface area (Å²) in [6, 6.07) is 14.8. The van der Waals surface area contributed by atoms with Crippen molar-refractivity contribution in [2.75, 3.05) is 0 Å². The number of rotatable bonds is 6. The van der Waals surface area contributed by atoms with Crippen LogP contribution in [0.15, 0.2) is 54.6 Å². The molecule has 8 nitrogen and oxygen atoms in total. The lowest BCUT2D eigenvalue weighted by Crippen LogP contribution is -2.33. The molecule has 0 saturated heterocycles.